The Hall–Kier alpha value is -2.50. The van der Waals surface area contributed by atoms with Crippen molar-refractivity contribution in [3.05, 3.63) is 63.6 Å². The predicted molar refractivity (Wildman–Crippen MR) is 145 cm³/mol. The molecule has 0 radical (unpaired) electrons. The van der Waals surface area contributed by atoms with E-state index < -0.39 is 40.3 Å². The van der Waals surface area contributed by atoms with Crippen LogP contribution < -0.4 is 9.62 Å². The average molecular weight is 609 g/mol. The lowest BCUT2D eigenvalue weighted by molar-refractivity contribution is -0.140. The Morgan fingerprint density at radius 2 is 1.74 bits per heavy atom. The van der Waals surface area contributed by atoms with E-state index in [-0.39, 0.29) is 40.6 Å². The number of hydrogen-bond acceptors (Lipinski definition) is 4. The minimum Gasteiger partial charge on any atom is -0.352 e. The van der Waals surface area contributed by atoms with E-state index >= 15 is 0 Å². The minimum atomic E-state index is -4.71. The van der Waals surface area contributed by atoms with Crippen LogP contribution in [0.1, 0.15) is 50.2 Å². The van der Waals surface area contributed by atoms with E-state index in [1.165, 1.54) is 23.1 Å². The van der Waals surface area contributed by atoms with Crippen LogP contribution in [0.2, 0.25) is 10.0 Å². The Balaban J connectivity index is 1.97. The molecule has 0 heterocycles. The van der Waals surface area contributed by atoms with Gasteiger partial charge in [-0.25, -0.2) is 8.42 Å². The lowest BCUT2D eigenvalue weighted by Gasteiger charge is -2.33. The number of nitrogens with one attached hydrogen (secondary N) is 1. The third-order valence-electron chi connectivity index (χ3n) is 6.57. The minimum absolute atomic E-state index is 0.0221. The van der Waals surface area contributed by atoms with Gasteiger partial charge in [-0.15, -0.1) is 0 Å². The first-order valence-electron chi connectivity index (χ1n) is 12.4. The smallest absolute Gasteiger partial charge is 0.352 e. The van der Waals surface area contributed by atoms with Gasteiger partial charge in [0.05, 0.1) is 27.6 Å². The maximum absolute atomic E-state index is 13.7. The quantitative estimate of drug-likeness (QED) is 0.378. The number of anilines is 1. The second-order valence-corrected chi connectivity index (χ2v) is 12.2. The normalized spacial score (nSPS) is 15.2. The Bertz CT molecular complexity index is 1300. The number of amides is 2. The molecule has 7 nitrogen and oxygen atoms in total. The maximum atomic E-state index is 13.7. The van der Waals surface area contributed by atoms with Crippen molar-refractivity contribution < 1.29 is 31.2 Å². The van der Waals surface area contributed by atoms with Gasteiger partial charge in [0.2, 0.25) is 21.8 Å². The SMILES string of the molecule is CCC(C(=O)NC1CCCC1)N(Cc1ccc(Cl)c(Cl)c1)C(=O)CN(c1cccc(C(F)(F)F)c1)S(C)(=O)=O. The molecule has 0 aromatic heterocycles. The van der Waals surface area contributed by atoms with Crippen molar-refractivity contribution >= 4 is 50.7 Å². The van der Waals surface area contributed by atoms with Gasteiger partial charge in [0.25, 0.3) is 0 Å². The number of nitrogens with zero attached hydrogens (tertiary/aromatic N) is 2. The summed E-state index contributed by atoms with van der Waals surface area (Å²) in [5.74, 6) is -1.15. The molecule has 214 valence electrons. The molecule has 0 aliphatic heterocycles. The van der Waals surface area contributed by atoms with Crippen molar-refractivity contribution in [3.8, 4) is 0 Å². The lowest BCUT2D eigenvalue weighted by Crippen LogP contribution is -2.53. The molecule has 1 aliphatic carbocycles. The molecule has 1 atom stereocenters. The van der Waals surface area contributed by atoms with Gasteiger partial charge in [-0.05, 0) is 55.2 Å². The zero-order chi connectivity index (χ0) is 29.0. The summed E-state index contributed by atoms with van der Waals surface area (Å²) in [4.78, 5) is 28.2. The first-order chi connectivity index (χ1) is 18.2. The summed E-state index contributed by atoms with van der Waals surface area (Å²) in [6.45, 7) is 0.802. The number of alkyl halides is 3. The van der Waals surface area contributed by atoms with Crippen LogP contribution in [-0.2, 0) is 32.3 Å². The molecule has 3 rings (SSSR count). The van der Waals surface area contributed by atoms with Crippen molar-refractivity contribution in [1.82, 2.24) is 10.2 Å². The van der Waals surface area contributed by atoms with Crippen molar-refractivity contribution in [2.24, 2.45) is 0 Å². The summed E-state index contributed by atoms with van der Waals surface area (Å²) in [7, 11) is -4.19. The number of hydrogen-bond donors (Lipinski definition) is 1. The highest BCUT2D eigenvalue weighted by molar-refractivity contribution is 7.92. The molecule has 0 spiro atoms. The molecule has 2 amide bonds. The number of halogens is 5. The summed E-state index contributed by atoms with van der Waals surface area (Å²) >= 11 is 12.2. The number of sulfonamides is 1. The van der Waals surface area contributed by atoms with Crippen LogP contribution in [-0.4, -0.2) is 50.0 Å². The topological polar surface area (TPSA) is 86.8 Å². The predicted octanol–water partition coefficient (Wildman–Crippen LogP) is 5.64. The van der Waals surface area contributed by atoms with Crippen molar-refractivity contribution in [1.29, 1.82) is 0 Å². The number of carbonyl (C=O) groups excluding carboxylic acids is 2. The fourth-order valence-electron chi connectivity index (χ4n) is 4.57. The first kappa shape index (κ1) is 31.0. The van der Waals surface area contributed by atoms with Gasteiger partial charge in [-0.1, -0.05) is 55.1 Å². The average Bonchev–Trinajstić information content (AvgIpc) is 3.36. The lowest BCUT2D eigenvalue weighted by atomic mass is 10.1. The van der Waals surface area contributed by atoms with Crippen LogP contribution in [0.25, 0.3) is 0 Å². The van der Waals surface area contributed by atoms with Gasteiger partial charge in [0.15, 0.2) is 0 Å². The summed E-state index contributed by atoms with van der Waals surface area (Å²) in [6, 6.07) is 7.43. The summed E-state index contributed by atoms with van der Waals surface area (Å²) in [6.07, 6.45) is -0.0979. The van der Waals surface area contributed by atoms with Gasteiger partial charge < -0.3 is 10.2 Å². The third-order valence-corrected chi connectivity index (χ3v) is 8.44. The Labute approximate surface area is 236 Å². The van der Waals surface area contributed by atoms with Gasteiger partial charge in [-0.2, -0.15) is 13.2 Å². The van der Waals surface area contributed by atoms with Crippen LogP contribution in [0.5, 0.6) is 0 Å². The molecule has 2 aromatic carbocycles. The molecule has 0 bridgehead atoms. The highest BCUT2D eigenvalue weighted by atomic mass is 35.5. The number of rotatable bonds is 10. The summed E-state index contributed by atoms with van der Waals surface area (Å²) < 4.78 is 65.9. The Morgan fingerprint density at radius 1 is 1.08 bits per heavy atom. The summed E-state index contributed by atoms with van der Waals surface area (Å²) in [5, 5.41) is 3.49. The standard InChI is InChI=1S/C26H30Cl2F3N3O4S/c1-3-23(25(36)32-19-8-4-5-9-19)33(15-17-11-12-21(27)22(28)13-17)24(35)16-34(39(2,37)38)20-10-6-7-18(14-20)26(29,30)31/h6-7,10-14,19,23H,3-5,8-9,15-16H2,1-2H3,(H,32,36). The molecule has 39 heavy (non-hydrogen) atoms. The number of carbonyl (C=O) groups is 2. The van der Waals surface area contributed by atoms with Crippen LogP contribution in [0.4, 0.5) is 18.9 Å². The molecule has 1 aliphatic rings. The maximum Gasteiger partial charge on any atom is 0.416 e. The van der Waals surface area contributed by atoms with Gasteiger partial charge >= 0.3 is 6.18 Å². The van der Waals surface area contributed by atoms with Crippen LogP contribution in [0.15, 0.2) is 42.5 Å². The first-order valence-corrected chi connectivity index (χ1v) is 15.0. The monoisotopic (exact) mass is 607 g/mol. The fraction of sp³-hybridized carbons (Fsp3) is 0.462. The molecule has 1 N–H and O–H groups in total. The molecule has 2 aromatic rings. The van der Waals surface area contributed by atoms with E-state index in [2.05, 4.69) is 5.32 Å². The second-order valence-electron chi connectivity index (χ2n) is 9.50. The molecule has 13 heteroatoms. The van der Waals surface area contributed by atoms with Crippen LogP contribution in [0.3, 0.4) is 0 Å². The molecule has 1 unspecified atom stereocenters. The Morgan fingerprint density at radius 3 is 2.31 bits per heavy atom. The van der Waals surface area contributed by atoms with E-state index in [1.54, 1.807) is 13.0 Å². The zero-order valence-electron chi connectivity index (χ0n) is 21.5. The van der Waals surface area contributed by atoms with E-state index in [4.69, 9.17) is 23.2 Å². The fourth-order valence-corrected chi connectivity index (χ4v) is 5.73. The van der Waals surface area contributed by atoms with Crippen molar-refractivity contribution in [2.75, 3.05) is 17.1 Å². The second kappa shape index (κ2) is 12.8. The van der Waals surface area contributed by atoms with Gasteiger partial charge in [-0.3, -0.25) is 13.9 Å². The highest BCUT2D eigenvalue weighted by Crippen LogP contribution is 2.32. The van der Waals surface area contributed by atoms with Gasteiger partial charge in [0.1, 0.15) is 12.6 Å². The van der Waals surface area contributed by atoms with E-state index in [0.717, 1.165) is 44.1 Å². The van der Waals surface area contributed by atoms with Crippen LogP contribution in [0, 0.1) is 0 Å². The van der Waals surface area contributed by atoms with E-state index in [1.807, 2.05) is 0 Å². The largest absolute Gasteiger partial charge is 0.416 e. The number of benzene rings is 2. The third kappa shape index (κ3) is 8.25. The van der Waals surface area contributed by atoms with Crippen molar-refractivity contribution in [2.45, 2.75) is 63.8 Å². The highest BCUT2D eigenvalue weighted by Gasteiger charge is 2.35. The van der Waals surface area contributed by atoms with E-state index in [0.29, 0.717) is 15.9 Å². The molecular weight excluding hydrogens is 578 g/mol. The molecule has 1 fully saturated rings. The zero-order valence-corrected chi connectivity index (χ0v) is 23.8. The van der Waals surface area contributed by atoms with Crippen LogP contribution >= 0.6 is 23.2 Å². The molecular formula is C26H30Cl2F3N3O4S. The molecule has 0 saturated heterocycles. The van der Waals surface area contributed by atoms with E-state index in [9.17, 15) is 31.2 Å². The van der Waals surface area contributed by atoms with Crippen molar-refractivity contribution in [3.63, 3.8) is 0 Å². The van der Waals surface area contributed by atoms with Gasteiger partial charge in [0, 0.05) is 12.6 Å². The summed E-state index contributed by atoms with van der Waals surface area (Å²) in [5.41, 5.74) is -0.843. The molecule has 1 saturated carbocycles. The Kier molecular flexibility index (Phi) is 10.2.